The number of para-hydroxylation sites is 3. The number of nitrogens with zero attached hydrogens (tertiary/aromatic N) is 2. The van der Waals surface area contributed by atoms with E-state index in [-0.39, 0.29) is 17.2 Å². The van der Waals surface area contributed by atoms with E-state index in [4.69, 9.17) is 19.2 Å². The number of nitrogens with one attached hydrogen (secondary N) is 2. The van der Waals surface area contributed by atoms with E-state index in [9.17, 15) is 9.59 Å². The molecule has 1 amide bonds. The van der Waals surface area contributed by atoms with E-state index in [0.717, 1.165) is 10.9 Å². The van der Waals surface area contributed by atoms with Crippen LogP contribution in [0.25, 0.3) is 27.6 Å². The summed E-state index contributed by atoms with van der Waals surface area (Å²) in [6.07, 6.45) is 0. The lowest BCUT2D eigenvalue weighted by atomic mass is 10.2. The number of carbonyl (C=O) groups is 1. The number of aromatic amines is 1. The Morgan fingerprint density at radius 1 is 1.08 bits per heavy atom. The smallest absolute Gasteiger partial charge is 0.283 e. The van der Waals surface area contributed by atoms with Crippen LogP contribution in [0.3, 0.4) is 0 Å². The van der Waals surface area contributed by atoms with Crippen LogP contribution in [-0.2, 0) is 4.79 Å². The molecule has 10 heteroatoms. The Morgan fingerprint density at radius 2 is 1.86 bits per heavy atom. The van der Waals surface area contributed by atoms with Gasteiger partial charge in [-0.25, -0.2) is 9.55 Å². The highest BCUT2D eigenvalue weighted by atomic mass is 32.2. The van der Waals surface area contributed by atoms with Gasteiger partial charge in [0.2, 0.25) is 5.91 Å². The van der Waals surface area contributed by atoms with Crippen LogP contribution in [-0.4, -0.2) is 46.5 Å². The number of hydrogen-bond acceptors (Lipinski definition) is 7. The third-order valence-corrected chi connectivity index (χ3v) is 6.92. The van der Waals surface area contributed by atoms with Crippen LogP contribution in [0.2, 0.25) is 0 Å². The molecule has 5 aromatic rings. The summed E-state index contributed by atoms with van der Waals surface area (Å²) in [5.41, 5.74) is 2.61. The number of hydrogen-bond donors (Lipinski definition) is 2. The molecular weight excluding hydrogens is 492 g/mol. The summed E-state index contributed by atoms with van der Waals surface area (Å²) in [5, 5.41) is 4.10. The normalized spacial score (nSPS) is 12.6. The van der Waals surface area contributed by atoms with Gasteiger partial charge in [0.15, 0.2) is 16.7 Å². The molecule has 2 aromatic heterocycles. The lowest BCUT2D eigenvalue weighted by molar-refractivity contribution is -0.113. The molecule has 2 N–H and O–H groups in total. The minimum atomic E-state index is -0.277. The molecule has 186 valence electrons. The third-order valence-electron chi connectivity index (χ3n) is 5.98. The molecule has 0 saturated heterocycles. The summed E-state index contributed by atoms with van der Waals surface area (Å²) >= 11 is 1.17. The van der Waals surface area contributed by atoms with Gasteiger partial charge in [0, 0.05) is 22.7 Å². The van der Waals surface area contributed by atoms with Crippen molar-refractivity contribution in [3.05, 3.63) is 77.1 Å². The van der Waals surface area contributed by atoms with Gasteiger partial charge in [-0.1, -0.05) is 42.1 Å². The minimum Gasteiger partial charge on any atom is -0.495 e. The molecule has 3 aromatic carbocycles. The van der Waals surface area contributed by atoms with Gasteiger partial charge in [-0.15, -0.1) is 0 Å². The lowest BCUT2D eigenvalue weighted by Gasteiger charge is -2.19. The molecular formula is C27H22N4O5S. The average molecular weight is 515 g/mol. The predicted molar refractivity (Wildman–Crippen MR) is 143 cm³/mol. The first-order valence-corrected chi connectivity index (χ1v) is 12.6. The highest BCUT2D eigenvalue weighted by Crippen LogP contribution is 2.33. The Bertz CT molecular complexity index is 1710. The highest BCUT2D eigenvalue weighted by Gasteiger charge is 2.20. The first kappa shape index (κ1) is 23.0. The number of thioether (sulfide) groups is 1. The Kier molecular flexibility index (Phi) is 5.93. The first-order chi connectivity index (χ1) is 18.1. The first-order valence-electron chi connectivity index (χ1n) is 11.6. The molecule has 0 saturated carbocycles. The molecule has 1 aliphatic rings. The van der Waals surface area contributed by atoms with Gasteiger partial charge in [0.05, 0.1) is 18.6 Å². The number of amides is 1. The zero-order valence-electron chi connectivity index (χ0n) is 19.8. The van der Waals surface area contributed by atoms with E-state index < -0.39 is 0 Å². The number of anilines is 1. The molecule has 0 unspecified atom stereocenters. The van der Waals surface area contributed by atoms with Crippen molar-refractivity contribution in [2.45, 2.75) is 5.16 Å². The van der Waals surface area contributed by atoms with Crippen LogP contribution in [0.1, 0.15) is 0 Å². The SMILES string of the molecule is COc1ccccc1-n1c(SCC(=O)Nc2ccc3c(c2)OCCO3)nc2c([nH]c3ccccc32)c1=O. The van der Waals surface area contributed by atoms with Gasteiger partial charge in [0.25, 0.3) is 5.56 Å². The van der Waals surface area contributed by atoms with Crippen molar-refractivity contribution in [2.24, 2.45) is 0 Å². The molecule has 1 aliphatic heterocycles. The lowest BCUT2D eigenvalue weighted by Crippen LogP contribution is -2.23. The highest BCUT2D eigenvalue weighted by molar-refractivity contribution is 7.99. The summed E-state index contributed by atoms with van der Waals surface area (Å²) in [6.45, 7) is 0.958. The van der Waals surface area contributed by atoms with E-state index in [0.29, 0.717) is 58.0 Å². The van der Waals surface area contributed by atoms with E-state index in [2.05, 4.69) is 10.3 Å². The second-order valence-corrected chi connectivity index (χ2v) is 9.24. The van der Waals surface area contributed by atoms with Crippen LogP contribution >= 0.6 is 11.8 Å². The summed E-state index contributed by atoms with van der Waals surface area (Å²) in [7, 11) is 1.55. The van der Waals surface area contributed by atoms with Gasteiger partial charge in [0.1, 0.15) is 30.0 Å². The standard InChI is InChI=1S/C27H22N4O5S/c1-34-20-9-5-4-8-19(20)31-26(33)25-24(17-6-2-3-7-18(17)29-25)30-27(31)37-15-23(32)28-16-10-11-21-22(14-16)36-13-12-35-21/h2-11,14,29H,12-13,15H2,1H3,(H,28,32). The fraction of sp³-hybridized carbons (Fsp3) is 0.148. The predicted octanol–water partition coefficient (Wildman–Crippen LogP) is 4.38. The van der Waals surface area contributed by atoms with Crippen molar-refractivity contribution in [3.8, 4) is 22.9 Å². The molecule has 0 atom stereocenters. The summed E-state index contributed by atoms with van der Waals surface area (Å²) in [6, 6.07) is 20.1. The monoisotopic (exact) mass is 514 g/mol. The van der Waals surface area contributed by atoms with E-state index in [1.807, 2.05) is 36.4 Å². The number of aromatic nitrogens is 3. The van der Waals surface area contributed by atoms with Crippen molar-refractivity contribution in [1.82, 2.24) is 14.5 Å². The van der Waals surface area contributed by atoms with E-state index in [1.54, 1.807) is 37.4 Å². The summed E-state index contributed by atoms with van der Waals surface area (Å²) < 4.78 is 18.1. The molecule has 6 rings (SSSR count). The zero-order chi connectivity index (χ0) is 25.4. The topological polar surface area (TPSA) is 107 Å². The van der Waals surface area contributed by atoms with Gasteiger partial charge in [-0.2, -0.15) is 0 Å². The van der Waals surface area contributed by atoms with Crippen molar-refractivity contribution in [3.63, 3.8) is 0 Å². The second kappa shape index (κ2) is 9.55. The van der Waals surface area contributed by atoms with Crippen LogP contribution in [0.15, 0.2) is 76.7 Å². The van der Waals surface area contributed by atoms with Crippen molar-refractivity contribution < 1.29 is 19.0 Å². The summed E-state index contributed by atoms with van der Waals surface area (Å²) in [5.74, 6) is 1.54. The molecule has 37 heavy (non-hydrogen) atoms. The Balaban J connectivity index is 1.36. The second-order valence-electron chi connectivity index (χ2n) is 8.30. The van der Waals surface area contributed by atoms with Crippen molar-refractivity contribution in [2.75, 3.05) is 31.4 Å². The molecule has 9 nitrogen and oxygen atoms in total. The van der Waals surface area contributed by atoms with Gasteiger partial charge >= 0.3 is 0 Å². The van der Waals surface area contributed by atoms with Crippen LogP contribution < -0.4 is 25.1 Å². The van der Waals surface area contributed by atoms with Crippen LogP contribution in [0.4, 0.5) is 5.69 Å². The zero-order valence-corrected chi connectivity index (χ0v) is 20.6. The maximum Gasteiger partial charge on any atom is 0.283 e. The van der Waals surface area contributed by atoms with Crippen molar-refractivity contribution in [1.29, 1.82) is 0 Å². The fourth-order valence-corrected chi connectivity index (χ4v) is 5.11. The number of benzene rings is 3. The number of H-pyrrole nitrogens is 1. The van der Waals surface area contributed by atoms with E-state index in [1.165, 1.54) is 16.3 Å². The number of carbonyl (C=O) groups excluding carboxylic acids is 1. The minimum absolute atomic E-state index is 0.0316. The molecule has 0 radical (unpaired) electrons. The number of rotatable bonds is 6. The van der Waals surface area contributed by atoms with Gasteiger partial charge < -0.3 is 24.5 Å². The van der Waals surface area contributed by atoms with Crippen molar-refractivity contribution >= 4 is 45.3 Å². The van der Waals surface area contributed by atoms with E-state index >= 15 is 0 Å². The molecule has 0 spiro atoms. The molecule has 0 aliphatic carbocycles. The average Bonchev–Trinajstić information content (AvgIpc) is 3.31. The largest absolute Gasteiger partial charge is 0.495 e. The quantitative estimate of drug-likeness (QED) is 0.256. The fourth-order valence-electron chi connectivity index (χ4n) is 4.31. The third kappa shape index (κ3) is 4.25. The maximum atomic E-state index is 13.8. The van der Waals surface area contributed by atoms with Gasteiger partial charge in [-0.3, -0.25) is 9.59 Å². The number of methoxy groups -OCH3 is 1. The Morgan fingerprint density at radius 3 is 2.73 bits per heavy atom. The number of fused-ring (bicyclic) bond motifs is 4. The summed E-state index contributed by atoms with van der Waals surface area (Å²) in [4.78, 5) is 34.7. The molecule has 0 bridgehead atoms. The number of ether oxygens (including phenoxy) is 3. The molecule has 0 fully saturated rings. The molecule has 3 heterocycles. The van der Waals surface area contributed by atoms with Gasteiger partial charge in [-0.05, 0) is 30.3 Å². The maximum absolute atomic E-state index is 13.8. The Hall–Kier alpha value is -4.44. The van der Waals surface area contributed by atoms with Crippen LogP contribution in [0.5, 0.6) is 17.2 Å². The Labute approximate surface area is 215 Å². The van der Waals surface area contributed by atoms with Crippen LogP contribution in [0, 0.1) is 0 Å².